The van der Waals surface area contributed by atoms with Crippen LogP contribution in [-0.2, 0) is 0 Å². The van der Waals surface area contributed by atoms with E-state index in [1.807, 2.05) is 0 Å². The molecule has 0 aromatic carbocycles. The van der Waals surface area contributed by atoms with Gasteiger partial charge in [0.15, 0.2) is 0 Å². The summed E-state index contributed by atoms with van der Waals surface area (Å²) in [5.74, 6) is 0.493. The molecule has 1 aliphatic heterocycles. The summed E-state index contributed by atoms with van der Waals surface area (Å²) in [5.41, 5.74) is 0.297. The van der Waals surface area contributed by atoms with Crippen LogP contribution >= 0.6 is 11.6 Å². The second kappa shape index (κ2) is 7.61. The van der Waals surface area contributed by atoms with Gasteiger partial charge < -0.3 is 15.5 Å². The first-order valence-electron chi connectivity index (χ1n) is 7.50. The molecule has 21 heavy (non-hydrogen) atoms. The molecule has 116 valence electrons. The topological polar surface area (TPSA) is 57.3 Å². The number of halogens is 1. The van der Waals surface area contributed by atoms with Gasteiger partial charge in [0, 0.05) is 19.1 Å². The SMILES string of the molecule is CCCNc1ccc(Cl)c(C(=O)NC2CCCN(C)C2)n1. The van der Waals surface area contributed by atoms with Crippen LogP contribution in [0.15, 0.2) is 12.1 Å². The van der Waals surface area contributed by atoms with Crippen molar-refractivity contribution in [3.05, 3.63) is 22.8 Å². The average Bonchev–Trinajstić information content (AvgIpc) is 2.46. The number of hydrogen-bond acceptors (Lipinski definition) is 4. The van der Waals surface area contributed by atoms with Crippen LogP contribution in [0, 0.1) is 0 Å². The van der Waals surface area contributed by atoms with Gasteiger partial charge in [-0.25, -0.2) is 4.98 Å². The minimum Gasteiger partial charge on any atom is -0.370 e. The van der Waals surface area contributed by atoms with Crippen molar-refractivity contribution < 1.29 is 4.79 Å². The third kappa shape index (κ3) is 4.58. The van der Waals surface area contributed by atoms with E-state index in [4.69, 9.17) is 11.6 Å². The number of nitrogens with zero attached hydrogens (tertiary/aromatic N) is 2. The maximum Gasteiger partial charge on any atom is 0.271 e. The lowest BCUT2D eigenvalue weighted by molar-refractivity contribution is 0.0908. The number of likely N-dealkylation sites (N-methyl/N-ethyl adjacent to an activating group) is 1. The van der Waals surface area contributed by atoms with Gasteiger partial charge in [-0.3, -0.25) is 4.79 Å². The Morgan fingerprint density at radius 1 is 1.52 bits per heavy atom. The van der Waals surface area contributed by atoms with Crippen LogP contribution in [0.5, 0.6) is 0 Å². The maximum absolute atomic E-state index is 12.4. The number of pyridine rings is 1. The zero-order valence-electron chi connectivity index (χ0n) is 12.7. The standard InChI is InChI=1S/C15H23ClN4O/c1-3-8-17-13-7-6-12(16)14(19-13)15(21)18-11-5-4-9-20(2)10-11/h6-7,11H,3-5,8-10H2,1-2H3,(H,17,19)(H,18,21). The van der Waals surface area contributed by atoms with Crippen LogP contribution in [0.2, 0.25) is 5.02 Å². The Hall–Kier alpha value is -1.33. The fraction of sp³-hybridized carbons (Fsp3) is 0.600. The number of carbonyl (C=O) groups excluding carboxylic acids is 1. The molecule has 1 atom stereocenters. The lowest BCUT2D eigenvalue weighted by Gasteiger charge is -2.30. The maximum atomic E-state index is 12.4. The van der Waals surface area contributed by atoms with Crippen molar-refractivity contribution >= 4 is 23.3 Å². The molecule has 0 aliphatic carbocycles. The molecule has 1 aromatic heterocycles. The second-order valence-corrected chi connectivity index (χ2v) is 5.94. The van der Waals surface area contributed by atoms with E-state index in [1.165, 1.54) is 0 Å². The largest absolute Gasteiger partial charge is 0.370 e. The van der Waals surface area contributed by atoms with Crippen LogP contribution < -0.4 is 10.6 Å². The molecule has 2 N–H and O–H groups in total. The quantitative estimate of drug-likeness (QED) is 0.877. The number of piperidine rings is 1. The number of hydrogen-bond donors (Lipinski definition) is 2. The minimum absolute atomic E-state index is 0.168. The summed E-state index contributed by atoms with van der Waals surface area (Å²) >= 11 is 6.11. The van der Waals surface area contributed by atoms with E-state index < -0.39 is 0 Å². The molecular weight excluding hydrogens is 288 g/mol. The highest BCUT2D eigenvalue weighted by Crippen LogP contribution is 2.17. The van der Waals surface area contributed by atoms with Gasteiger partial charge in [-0.05, 0) is 45.0 Å². The van der Waals surface area contributed by atoms with Gasteiger partial charge in [0.25, 0.3) is 5.91 Å². The van der Waals surface area contributed by atoms with E-state index in [0.717, 1.165) is 38.9 Å². The molecule has 0 radical (unpaired) electrons. The van der Waals surface area contributed by atoms with E-state index in [-0.39, 0.29) is 11.9 Å². The van der Waals surface area contributed by atoms with E-state index in [2.05, 4.69) is 34.5 Å². The highest BCUT2D eigenvalue weighted by atomic mass is 35.5. The Morgan fingerprint density at radius 3 is 3.05 bits per heavy atom. The molecule has 1 aliphatic rings. The number of rotatable bonds is 5. The first-order chi connectivity index (χ1) is 10.1. The third-order valence-corrected chi connectivity index (χ3v) is 3.88. The summed E-state index contributed by atoms with van der Waals surface area (Å²) in [7, 11) is 2.07. The minimum atomic E-state index is -0.194. The molecule has 2 heterocycles. The van der Waals surface area contributed by atoms with Crippen molar-refractivity contribution in [3.8, 4) is 0 Å². The molecule has 1 fully saturated rings. The zero-order valence-corrected chi connectivity index (χ0v) is 13.4. The molecule has 6 heteroatoms. The summed E-state index contributed by atoms with van der Waals surface area (Å²) in [5, 5.41) is 6.59. The smallest absolute Gasteiger partial charge is 0.271 e. The summed E-state index contributed by atoms with van der Waals surface area (Å²) in [6, 6.07) is 3.68. The highest BCUT2D eigenvalue weighted by molar-refractivity contribution is 6.33. The lowest BCUT2D eigenvalue weighted by Crippen LogP contribution is -2.46. The fourth-order valence-corrected chi connectivity index (χ4v) is 2.68. The van der Waals surface area contributed by atoms with Gasteiger partial charge in [0.2, 0.25) is 0 Å². The molecule has 0 bridgehead atoms. The monoisotopic (exact) mass is 310 g/mol. The van der Waals surface area contributed by atoms with E-state index in [1.54, 1.807) is 12.1 Å². The summed E-state index contributed by atoms with van der Waals surface area (Å²) < 4.78 is 0. The normalized spacial score (nSPS) is 19.3. The van der Waals surface area contributed by atoms with Gasteiger partial charge in [-0.15, -0.1) is 0 Å². The number of nitrogens with one attached hydrogen (secondary N) is 2. The Morgan fingerprint density at radius 2 is 2.33 bits per heavy atom. The number of likely N-dealkylation sites (tertiary alicyclic amines) is 1. The van der Waals surface area contributed by atoms with E-state index in [0.29, 0.717) is 16.5 Å². The van der Waals surface area contributed by atoms with Crippen molar-refractivity contribution in [3.63, 3.8) is 0 Å². The van der Waals surface area contributed by atoms with Gasteiger partial charge in [-0.1, -0.05) is 18.5 Å². The predicted molar refractivity (Wildman–Crippen MR) is 86.0 cm³/mol. The van der Waals surface area contributed by atoms with Crippen LogP contribution in [-0.4, -0.2) is 48.5 Å². The van der Waals surface area contributed by atoms with Crippen molar-refractivity contribution in [2.24, 2.45) is 0 Å². The predicted octanol–water partition coefficient (Wildman–Crippen LogP) is 2.38. The fourth-order valence-electron chi connectivity index (χ4n) is 2.49. The van der Waals surface area contributed by atoms with Gasteiger partial charge in [0.05, 0.1) is 5.02 Å². The zero-order chi connectivity index (χ0) is 15.2. The summed E-state index contributed by atoms with van der Waals surface area (Å²) in [4.78, 5) is 18.9. The Balaban J connectivity index is 2.03. The number of carbonyl (C=O) groups is 1. The van der Waals surface area contributed by atoms with E-state index >= 15 is 0 Å². The summed E-state index contributed by atoms with van der Waals surface area (Å²) in [6.07, 6.45) is 3.10. The molecule has 5 nitrogen and oxygen atoms in total. The Kier molecular flexibility index (Phi) is 5.82. The van der Waals surface area contributed by atoms with Crippen molar-refractivity contribution in [2.75, 3.05) is 32.0 Å². The number of amides is 1. The second-order valence-electron chi connectivity index (χ2n) is 5.53. The average molecular weight is 311 g/mol. The van der Waals surface area contributed by atoms with Crippen LogP contribution in [0.4, 0.5) is 5.82 Å². The number of aromatic nitrogens is 1. The van der Waals surface area contributed by atoms with Crippen LogP contribution in [0.25, 0.3) is 0 Å². The molecule has 1 amide bonds. The first-order valence-corrected chi connectivity index (χ1v) is 7.87. The lowest BCUT2D eigenvalue weighted by atomic mass is 10.1. The van der Waals surface area contributed by atoms with Crippen LogP contribution in [0.1, 0.15) is 36.7 Å². The van der Waals surface area contributed by atoms with Gasteiger partial charge in [-0.2, -0.15) is 0 Å². The molecule has 1 saturated heterocycles. The van der Waals surface area contributed by atoms with Gasteiger partial charge in [0.1, 0.15) is 11.5 Å². The first kappa shape index (κ1) is 16.0. The van der Waals surface area contributed by atoms with Crippen LogP contribution in [0.3, 0.4) is 0 Å². The molecule has 0 spiro atoms. The Bertz CT molecular complexity index is 495. The van der Waals surface area contributed by atoms with Gasteiger partial charge >= 0.3 is 0 Å². The molecule has 1 aromatic rings. The molecule has 1 unspecified atom stereocenters. The highest BCUT2D eigenvalue weighted by Gasteiger charge is 2.21. The Labute approximate surface area is 131 Å². The van der Waals surface area contributed by atoms with E-state index in [9.17, 15) is 4.79 Å². The third-order valence-electron chi connectivity index (χ3n) is 3.58. The molecule has 2 rings (SSSR count). The molecule has 0 saturated carbocycles. The molecular formula is C15H23ClN4O. The number of anilines is 1. The van der Waals surface area contributed by atoms with Crippen molar-refractivity contribution in [2.45, 2.75) is 32.2 Å². The summed E-state index contributed by atoms with van der Waals surface area (Å²) in [6.45, 7) is 4.86. The van der Waals surface area contributed by atoms with Crippen molar-refractivity contribution in [1.82, 2.24) is 15.2 Å². The van der Waals surface area contributed by atoms with Crippen molar-refractivity contribution in [1.29, 1.82) is 0 Å².